The maximum Gasteiger partial charge on any atom is 0.294 e. The number of benzene rings is 1. The van der Waals surface area contributed by atoms with E-state index in [4.69, 9.17) is 9.83 Å². The van der Waals surface area contributed by atoms with Crippen LogP contribution in [0.3, 0.4) is 0 Å². The number of hydrogen-bond acceptors (Lipinski definition) is 5. The molecule has 6 heteroatoms. The molecule has 0 amide bonds. The van der Waals surface area contributed by atoms with E-state index in [9.17, 15) is 0 Å². The molecule has 0 aliphatic rings. The first kappa shape index (κ1) is 10.2. The molecule has 0 saturated heterocycles. The molecule has 2 aromatic heterocycles. The van der Waals surface area contributed by atoms with Gasteiger partial charge in [-0.2, -0.15) is 8.75 Å². The van der Waals surface area contributed by atoms with E-state index in [2.05, 4.69) is 8.75 Å². The van der Waals surface area contributed by atoms with Crippen molar-refractivity contribution in [2.75, 3.05) is 0 Å². The van der Waals surface area contributed by atoms with Gasteiger partial charge < -0.3 is 4.42 Å². The van der Waals surface area contributed by atoms with Crippen LogP contribution in [0.1, 0.15) is 11.3 Å². The zero-order chi connectivity index (χ0) is 11.8. The number of oxazole rings is 1. The van der Waals surface area contributed by atoms with Gasteiger partial charge in [0, 0.05) is 11.8 Å². The molecule has 0 spiro atoms. The van der Waals surface area contributed by atoms with E-state index in [-0.39, 0.29) is 5.68 Å². The van der Waals surface area contributed by atoms with Crippen molar-refractivity contribution < 1.29 is 4.42 Å². The summed E-state index contributed by atoms with van der Waals surface area (Å²) in [7, 11) is 0. The van der Waals surface area contributed by atoms with Crippen LogP contribution in [0.15, 0.2) is 28.8 Å². The SMILES string of the molecule is Cc1cn(Cc2cccc3nsnc23)c(=N)o1. The third-order valence-corrected chi connectivity index (χ3v) is 3.11. The topological polar surface area (TPSA) is 67.7 Å². The van der Waals surface area contributed by atoms with E-state index in [1.165, 1.54) is 11.7 Å². The molecule has 1 N–H and O–H groups in total. The van der Waals surface area contributed by atoms with Crippen LogP contribution >= 0.6 is 11.7 Å². The Morgan fingerprint density at radius 1 is 1.41 bits per heavy atom. The van der Waals surface area contributed by atoms with Gasteiger partial charge in [0.05, 0.1) is 18.3 Å². The molecule has 17 heavy (non-hydrogen) atoms. The number of hydrogen-bond donors (Lipinski definition) is 1. The summed E-state index contributed by atoms with van der Waals surface area (Å²) in [4.78, 5) is 0. The number of aromatic nitrogens is 3. The Hall–Kier alpha value is -1.95. The van der Waals surface area contributed by atoms with Crippen molar-refractivity contribution in [3.63, 3.8) is 0 Å². The highest BCUT2D eigenvalue weighted by Gasteiger charge is 2.07. The summed E-state index contributed by atoms with van der Waals surface area (Å²) in [6, 6.07) is 5.89. The van der Waals surface area contributed by atoms with E-state index in [0.29, 0.717) is 6.54 Å². The molecule has 3 aromatic rings. The Morgan fingerprint density at radius 2 is 2.29 bits per heavy atom. The first-order chi connectivity index (χ1) is 8.24. The van der Waals surface area contributed by atoms with E-state index < -0.39 is 0 Å². The van der Waals surface area contributed by atoms with Crippen LogP contribution < -0.4 is 5.68 Å². The molecule has 5 nitrogen and oxygen atoms in total. The monoisotopic (exact) mass is 246 g/mol. The fraction of sp³-hybridized carbons (Fsp3) is 0.182. The third kappa shape index (κ3) is 1.76. The minimum absolute atomic E-state index is 0.155. The summed E-state index contributed by atoms with van der Waals surface area (Å²) in [5.41, 5.74) is 3.02. The van der Waals surface area contributed by atoms with E-state index in [1.807, 2.05) is 31.3 Å². The van der Waals surface area contributed by atoms with Crippen molar-refractivity contribution in [1.82, 2.24) is 13.3 Å². The predicted octanol–water partition coefficient (Wildman–Crippen LogP) is 1.92. The van der Waals surface area contributed by atoms with E-state index in [0.717, 1.165) is 22.4 Å². The number of nitrogens with zero attached hydrogens (tertiary/aromatic N) is 3. The highest BCUT2D eigenvalue weighted by atomic mass is 32.1. The van der Waals surface area contributed by atoms with Crippen LogP contribution in [-0.2, 0) is 6.54 Å². The van der Waals surface area contributed by atoms with E-state index >= 15 is 0 Å². The molecule has 0 unspecified atom stereocenters. The Balaban J connectivity index is 2.08. The first-order valence-corrected chi connectivity index (χ1v) is 5.89. The van der Waals surface area contributed by atoms with Crippen molar-refractivity contribution in [2.45, 2.75) is 13.5 Å². The minimum Gasteiger partial charge on any atom is -0.429 e. The molecule has 2 heterocycles. The maximum absolute atomic E-state index is 7.67. The third-order valence-electron chi connectivity index (χ3n) is 2.57. The fourth-order valence-corrected chi connectivity index (χ4v) is 2.37. The second-order valence-corrected chi connectivity index (χ2v) is 4.35. The van der Waals surface area contributed by atoms with Gasteiger partial charge in [-0.25, -0.2) is 0 Å². The Labute approximate surface area is 101 Å². The molecule has 0 aliphatic heterocycles. The molecule has 0 bridgehead atoms. The van der Waals surface area contributed by atoms with Crippen LogP contribution in [0.4, 0.5) is 0 Å². The lowest BCUT2D eigenvalue weighted by Crippen LogP contribution is -2.14. The van der Waals surface area contributed by atoms with Gasteiger partial charge in [-0.15, -0.1) is 0 Å². The van der Waals surface area contributed by atoms with Crippen LogP contribution in [-0.4, -0.2) is 13.3 Å². The van der Waals surface area contributed by atoms with Crippen molar-refractivity contribution in [1.29, 1.82) is 5.41 Å². The summed E-state index contributed by atoms with van der Waals surface area (Å²) in [5, 5.41) is 7.67. The van der Waals surface area contributed by atoms with Gasteiger partial charge in [0.15, 0.2) is 0 Å². The molecule has 0 aliphatic carbocycles. The normalized spacial score (nSPS) is 11.1. The minimum atomic E-state index is 0.155. The average molecular weight is 246 g/mol. The lowest BCUT2D eigenvalue weighted by molar-refractivity contribution is 0.440. The van der Waals surface area contributed by atoms with Crippen molar-refractivity contribution >= 4 is 22.8 Å². The van der Waals surface area contributed by atoms with Gasteiger partial charge in [0.1, 0.15) is 16.8 Å². The molecule has 3 rings (SSSR count). The number of rotatable bonds is 2. The molecular weight excluding hydrogens is 236 g/mol. The van der Waals surface area contributed by atoms with Crippen LogP contribution in [0, 0.1) is 12.3 Å². The van der Waals surface area contributed by atoms with Crippen LogP contribution in [0.5, 0.6) is 0 Å². The van der Waals surface area contributed by atoms with Gasteiger partial charge >= 0.3 is 0 Å². The summed E-state index contributed by atoms with van der Waals surface area (Å²) in [5.74, 6) is 0.735. The average Bonchev–Trinajstić information content (AvgIpc) is 2.87. The van der Waals surface area contributed by atoms with Crippen molar-refractivity contribution in [3.05, 3.63) is 41.4 Å². The molecular formula is C11H10N4OS. The molecule has 0 saturated carbocycles. The molecule has 1 aromatic carbocycles. The standard InChI is InChI=1S/C11H10N4OS/c1-7-5-15(11(12)16-7)6-8-3-2-4-9-10(8)14-17-13-9/h2-5,12H,6H2,1H3. The summed E-state index contributed by atoms with van der Waals surface area (Å²) < 4.78 is 15.4. The molecule has 0 radical (unpaired) electrons. The van der Waals surface area contributed by atoms with Gasteiger partial charge in [-0.3, -0.25) is 9.98 Å². The highest BCUT2D eigenvalue weighted by Crippen LogP contribution is 2.17. The summed E-state index contributed by atoms with van der Waals surface area (Å²) in [6.07, 6.45) is 1.82. The smallest absolute Gasteiger partial charge is 0.294 e. The summed E-state index contributed by atoms with van der Waals surface area (Å²) in [6.45, 7) is 2.42. The van der Waals surface area contributed by atoms with E-state index in [1.54, 1.807) is 4.57 Å². The molecule has 0 fully saturated rings. The van der Waals surface area contributed by atoms with Gasteiger partial charge in [-0.05, 0) is 13.0 Å². The van der Waals surface area contributed by atoms with Gasteiger partial charge in [-0.1, -0.05) is 12.1 Å². The quantitative estimate of drug-likeness (QED) is 0.751. The number of fused-ring (bicyclic) bond motifs is 1. The van der Waals surface area contributed by atoms with Gasteiger partial charge in [0.25, 0.3) is 5.68 Å². The Bertz CT molecular complexity index is 724. The zero-order valence-corrected chi connectivity index (χ0v) is 9.99. The molecule has 86 valence electrons. The van der Waals surface area contributed by atoms with Crippen LogP contribution in [0.25, 0.3) is 11.0 Å². The number of nitrogens with one attached hydrogen (secondary N) is 1. The van der Waals surface area contributed by atoms with Gasteiger partial charge in [0.2, 0.25) is 0 Å². The maximum atomic E-state index is 7.67. The largest absolute Gasteiger partial charge is 0.429 e. The predicted molar refractivity (Wildman–Crippen MR) is 63.8 cm³/mol. The Morgan fingerprint density at radius 3 is 3.06 bits per heavy atom. The molecule has 0 atom stereocenters. The fourth-order valence-electron chi connectivity index (χ4n) is 1.81. The first-order valence-electron chi connectivity index (χ1n) is 5.15. The van der Waals surface area contributed by atoms with Crippen LogP contribution in [0.2, 0.25) is 0 Å². The van der Waals surface area contributed by atoms with Crippen molar-refractivity contribution in [3.8, 4) is 0 Å². The lowest BCUT2D eigenvalue weighted by atomic mass is 10.2. The summed E-state index contributed by atoms with van der Waals surface area (Å²) >= 11 is 1.21. The number of aryl methyl sites for hydroxylation is 1. The highest BCUT2D eigenvalue weighted by molar-refractivity contribution is 7.00. The zero-order valence-electron chi connectivity index (χ0n) is 9.17. The van der Waals surface area contributed by atoms with Crippen molar-refractivity contribution in [2.24, 2.45) is 0 Å². The lowest BCUT2D eigenvalue weighted by Gasteiger charge is -2.01. The second kappa shape index (κ2) is 3.81. The second-order valence-electron chi connectivity index (χ2n) is 3.82. The Kier molecular flexibility index (Phi) is 2.29.